The van der Waals surface area contributed by atoms with E-state index in [1.54, 1.807) is 25.7 Å². The molecule has 224 valence electrons. The topological polar surface area (TPSA) is 87.7 Å². The van der Waals surface area contributed by atoms with Crippen molar-refractivity contribution in [1.82, 2.24) is 10.2 Å². The van der Waals surface area contributed by atoms with Crippen LogP contribution in [0.5, 0.6) is 0 Å². The Morgan fingerprint density at radius 2 is 1.52 bits per heavy atom. The smallest absolute Gasteiger partial charge is 0.408 e. The van der Waals surface area contributed by atoms with Crippen molar-refractivity contribution in [3.8, 4) is 0 Å². The van der Waals surface area contributed by atoms with Gasteiger partial charge in [-0.15, -0.1) is 0 Å². The molecule has 0 aliphatic carbocycles. The summed E-state index contributed by atoms with van der Waals surface area (Å²) in [5.74, 6) is -0.674. The van der Waals surface area contributed by atoms with Crippen molar-refractivity contribution >= 4 is 23.6 Å². The van der Waals surface area contributed by atoms with Gasteiger partial charge in [0.25, 0.3) is 5.91 Å². The molecule has 7 nitrogen and oxygen atoms in total. The largest absolute Gasteiger partial charge is 0.444 e. The van der Waals surface area contributed by atoms with Crippen LogP contribution in [0.2, 0.25) is 0 Å². The van der Waals surface area contributed by atoms with Crippen molar-refractivity contribution in [2.45, 2.75) is 92.0 Å². The molecule has 3 amide bonds. The molecule has 3 aromatic carbocycles. The summed E-state index contributed by atoms with van der Waals surface area (Å²) in [5, 5.41) is 5.91. The molecule has 0 spiro atoms. The number of benzene rings is 3. The predicted molar refractivity (Wildman–Crippen MR) is 168 cm³/mol. The van der Waals surface area contributed by atoms with Crippen LogP contribution in [0.3, 0.4) is 0 Å². The number of aryl methyl sites for hydroxylation is 3. The van der Waals surface area contributed by atoms with Gasteiger partial charge in [0.15, 0.2) is 0 Å². The molecule has 0 aliphatic rings. The molecule has 3 aromatic rings. The highest BCUT2D eigenvalue weighted by molar-refractivity contribution is 5.99. The van der Waals surface area contributed by atoms with Gasteiger partial charge >= 0.3 is 6.09 Å². The lowest BCUT2D eigenvalue weighted by Crippen LogP contribution is -2.55. The Kier molecular flexibility index (Phi) is 10.9. The summed E-state index contributed by atoms with van der Waals surface area (Å²) in [7, 11) is 0. The van der Waals surface area contributed by atoms with Gasteiger partial charge in [-0.25, -0.2) is 4.79 Å². The van der Waals surface area contributed by atoms with Gasteiger partial charge in [0, 0.05) is 18.2 Å². The second-order valence-electron chi connectivity index (χ2n) is 12.0. The number of anilines is 1. The highest BCUT2D eigenvalue weighted by Crippen LogP contribution is 2.31. The fourth-order valence-electron chi connectivity index (χ4n) is 4.86. The van der Waals surface area contributed by atoms with Gasteiger partial charge in [-0.1, -0.05) is 79.2 Å². The zero-order valence-electron chi connectivity index (χ0n) is 26.2. The van der Waals surface area contributed by atoms with Gasteiger partial charge in [0.2, 0.25) is 5.91 Å². The molecule has 3 atom stereocenters. The van der Waals surface area contributed by atoms with E-state index in [0.29, 0.717) is 12.1 Å². The molecular formula is C35H45N3O4. The van der Waals surface area contributed by atoms with E-state index in [1.165, 1.54) is 0 Å². The zero-order valence-corrected chi connectivity index (χ0v) is 26.2. The summed E-state index contributed by atoms with van der Waals surface area (Å²) in [4.78, 5) is 43.6. The number of para-hydroxylation sites is 1. The maximum atomic E-state index is 14.7. The highest BCUT2D eigenvalue weighted by atomic mass is 16.6. The molecule has 0 aromatic heterocycles. The molecule has 2 N–H and O–H groups in total. The average molecular weight is 572 g/mol. The number of hydrogen-bond acceptors (Lipinski definition) is 4. The second kappa shape index (κ2) is 14.2. The van der Waals surface area contributed by atoms with E-state index in [-0.39, 0.29) is 24.3 Å². The molecule has 0 saturated carbocycles. The fraction of sp³-hybridized carbons (Fsp3) is 0.400. The van der Waals surface area contributed by atoms with Gasteiger partial charge in [-0.3, -0.25) is 9.59 Å². The van der Waals surface area contributed by atoms with Crippen LogP contribution in [-0.2, 0) is 20.7 Å². The number of carbonyl (C=O) groups excluding carboxylic acids is 3. The molecule has 42 heavy (non-hydrogen) atoms. The number of rotatable bonds is 10. The minimum absolute atomic E-state index is 0.241. The van der Waals surface area contributed by atoms with E-state index in [4.69, 9.17) is 4.74 Å². The quantitative estimate of drug-likeness (QED) is 0.273. The summed E-state index contributed by atoms with van der Waals surface area (Å²) < 4.78 is 5.54. The Labute approximate surface area is 250 Å². The lowest BCUT2D eigenvalue weighted by atomic mass is 9.93. The molecule has 0 saturated heterocycles. The fourth-order valence-corrected chi connectivity index (χ4v) is 4.86. The Bertz CT molecular complexity index is 1380. The summed E-state index contributed by atoms with van der Waals surface area (Å²) in [6, 6.07) is 20.8. The minimum Gasteiger partial charge on any atom is -0.444 e. The first kappa shape index (κ1) is 32.4. The van der Waals surface area contributed by atoms with Gasteiger partial charge in [-0.2, -0.15) is 0 Å². The molecule has 7 heteroatoms. The van der Waals surface area contributed by atoms with Gasteiger partial charge < -0.3 is 20.3 Å². The Morgan fingerprint density at radius 1 is 0.881 bits per heavy atom. The summed E-state index contributed by atoms with van der Waals surface area (Å²) >= 11 is 0. The van der Waals surface area contributed by atoms with E-state index in [9.17, 15) is 14.4 Å². The normalized spacial score (nSPS) is 13.4. The van der Waals surface area contributed by atoms with Crippen LogP contribution < -0.4 is 10.6 Å². The standard InChI is InChI=1S/C35H45N3O4/c1-9-26(5)38(33(40)30(22-27-16-11-10-12-17-27)37-34(41)42-35(6,7)8)31(28-21-23(2)19-20-24(28)3)32(39)36-29-18-14-13-15-25(29)4/h10-21,26,30-31H,9,22H2,1-8H3,(H,36,39)(H,37,41). The number of carbonyl (C=O) groups is 3. The molecule has 0 aliphatic heterocycles. The first-order valence-corrected chi connectivity index (χ1v) is 14.6. The van der Waals surface area contributed by atoms with Crippen molar-refractivity contribution in [2.24, 2.45) is 0 Å². The van der Waals surface area contributed by atoms with E-state index in [1.807, 2.05) is 107 Å². The maximum Gasteiger partial charge on any atom is 0.408 e. The summed E-state index contributed by atoms with van der Waals surface area (Å²) in [5.41, 5.74) is 4.35. The molecule has 3 unspecified atom stereocenters. The van der Waals surface area contributed by atoms with Crippen LogP contribution in [0.25, 0.3) is 0 Å². The van der Waals surface area contributed by atoms with E-state index < -0.39 is 23.8 Å². The molecule has 0 radical (unpaired) electrons. The van der Waals surface area contributed by atoms with Crippen molar-refractivity contribution < 1.29 is 19.1 Å². The molecule has 3 rings (SSSR count). The highest BCUT2D eigenvalue weighted by Gasteiger charge is 2.39. The lowest BCUT2D eigenvalue weighted by molar-refractivity contribution is -0.143. The second-order valence-corrected chi connectivity index (χ2v) is 12.0. The van der Waals surface area contributed by atoms with Crippen molar-refractivity contribution in [1.29, 1.82) is 0 Å². The maximum absolute atomic E-state index is 14.7. The SMILES string of the molecule is CCC(C)N(C(=O)C(Cc1ccccc1)NC(=O)OC(C)(C)C)C(C(=O)Nc1ccccc1C)c1cc(C)ccc1C. The predicted octanol–water partition coefficient (Wildman–Crippen LogP) is 7.05. The summed E-state index contributed by atoms with van der Waals surface area (Å²) in [6.07, 6.45) is 0.161. The average Bonchev–Trinajstić information content (AvgIpc) is 2.92. The Balaban J connectivity index is 2.13. The van der Waals surface area contributed by atoms with Crippen LogP contribution in [-0.4, -0.2) is 40.5 Å². The van der Waals surface area contributed by atoms with Gasteiger partial charge in [0.1, 0.15) is 17.7 Å². The van der Waals surface area contributed by atoms with E-state index >= 15 is 0 Å². The molecule has 0 fully saturated rings. The number of amides is 3. The Hall–Kier alpha value is -4.13. The zero-order chi connectivity index (χ0) is 31.0. The van der Waals surface area contributed by atoms with Gasteiger partial charge in [-0.05, 0) is 83.2 Å². The van der Waals surface area contributed by atoms with E-state index in [2.05, 4.69) is 10.6 Å². The van der Waals surface area contributed by atoms with Crippen molar-refractivity contribution in [2.75, 3.05) is 5.32 Å². The van der Waals surface area contributed by atoms with E-state index in [0.717, 1.165) is 27.8 Å². The molecule has 0 heterocycles. The Morgan fingerprint density at radius 3 is 2.14 bits per heavy atom. The number of ether oxygens (including phenoxy) is 1. The third kappa shape index (κ3) is 8.68. The first-order valence-electron chi connectivity index (χ1n) is 14.6. The van der Waals surface area contributed by atoms with Crippen LogP contribution >= 0.6 is 0 Å². The number of hydrogen-bond donors (Lipinski definition) is 2. The van der Waals surface area contributed by atoms with Crippen molar-refractivity contribution in [3.63, 3.8) is 0 Å². The van der Waals surface area contributed by atoms with Crippen molar-refractivity contribution in [3.05, 3.63) is 101 Å². The van der Waals surface area contributed by atoms with Gasteiger partial charge in [0.05, 0.1) is 0 Å². The molecular weight excluding hydrogens is 526 g/mol. The van der Waals surface area contributed by atoms with Crippen LogP contribution in [0.15, 0.2) is 72.8 Å². The van der Waals surface area contributed by atoms with Crippen LogP contribution in [0, 0.1) is 20.8 Å². The lowest BCUT2D eigenvalue weighted by Gasteiger charge is -2.39. The number of nitrogens with one attached hydrogen (secondary N) is 2. The third-order valence-electron chi connectivity index (χ3n) is 7.25. The minimum atomic E-state index is -0.963. The number of alkyl carbamates (subject to hydrolysis) is 1. The van der Waals surface area contributed by atoms with Crippen LogP contribution in [0.1, 0.15) is 74.9 Å². The third-order valence-corrected chi connectivity index (χ3v) is 7.25. The van der Waals surface area contributed by atoms with Crippen LogP contribution in [0.4, 0.5) is 10.5 Å². The monoisotopic (exact) mass is 571 g/mol. The molecule has 0 bridgehead atoms. The number of nitrogens with zero attached hydrogens (tertiary/aromatic N) is 1. The summed E-state index contributed by atoms with van der Waals surface area (Å²) in [6.45, 7) is 15.1. The first-order chi connectivity index (χ1) is 19.8.